The van der Waals surface area contributed by atoms with Gasteiger partial charge in [-0.25, -0.2) is 0 Å². The third-order valence-corrected chi connectivity index (χ3v) is 14.8. The Kier molecular flexibility index (Phi) is 13.3. The van der Waals surface area contributed by atoms with E-state index in [1.165, 1.54) is 5.70 Å². The lowest BCUT2D eigenvalue weighted by atomic mass is 9.85. The molecular formula is C70H56N8. The van der Waals surface area contributed by atoms with Gasteiger partial charge in [-0.15, -0.1) is 0 Å². The highest BCUT2D eigenvalue weighted by atomic mass is 15.2. The van der Waals surface area contributed by atoms with Gasteiger partial charge in [0.2, 0.25) is 0 Å². The second-order valence-electron chi connectivity index (χ2n) is 19.7. The molecule has 0 saturated heterocycles. The number of hydrogen-bond donors (Lipinski definition) is 0. The SMILES string of the molecule is C1=CCC(N(C2=CCCC=C2)c2ccc(-c3c4ccc(N(c5cccnc5)c5cccnc5)cc4c(-c4ccc(N(c5ccccc5)c5ccccc5)cc4)c4ccc(N(C5=CCCN=C5)c5cccnc5)cc34)cc2)C=C1. The van der Waals surface area contributed by atoms with Gasteiger partial charge in [-0.3, -0.25) is 19.9 Å². The molecule has 376 valence electrons. The fourth-order valence-corrected chi connectivity index (χ4v) is 11.3. The van der Waals surface area contributed by atoms with E-state index in [1.807, 2.05) is 61.6 Å². The maximum atomic E-state index is 4.78. The number of nitrogens with zero attached hydrogens (tertiary/aromatic N) is 8. The standard InChI is InChI=1S/C70H56N8/c1-5-17-53(18-6-1)75(54-19-7-2-8-20-54)57-33-29-51(30-34-57)69-65-39-37-60(78(63-27-15-43-73-49-63)64-28-16-44-74-50-64)46-68(65)70(52-31-35-58(36-32-52)76(55-21-9-3-10-22-55)56-23-11-4-12-24-56)66-40-38-59(45-67(66)69)77(61-25-13-41-71-47-61)62-26-14-42-72-48-62/h1-3,5-11,13-15,17-21,23-43,45-50,55H,4,12,16,22,44H2. The summed E-state index contributed by atoms with van der Waals surface area (Å²) in [7, 11) is 0. The fourth-order valence-electron chi connectivity index (χ4n) is 11.3. The Morgan fingerprint density at radius 1 is 0.385 bits per heavy atom. The van der Waals surface area contributed by atoms with Gasteiger partial charge in [-0.2, -0.15) is 0 Å². The van der Waals surface area contributed by atoms with Crippen LogP contribution in [-0.4, -0.2) is 33.8 Å². The predicted octanol–water partition coefficient (Wildman–Crippen LogP) is 17.9. The fraction of sp³-hybridized carbons (Fsp3) is 0.0857. The third-order valence-electron chi connectivity index (χ3n) is 14.8. The van der Waals surface area contributed by atoms with Crippen molar-refractivity contribution in [3.63, 3.8) is 0 Å². The van der Waals surface area contributed by atoms with Crippen LogP contribution >= 0.6 is 0 Å². The van der Waals surface area contributed by atoms with Crippen LogP contribution in [0.2, 0.25) is 0 Å². The van der Waals surface area contributed by atoms with Crippen molar-refractivity contribution in [1.82, 2.24) is 15.0 Å². The summed E-state index contributed by atoms with van der Waals surface area (Å²) in [5, 5.41) is 4.50. The Hall–Kier alpha value is -9.92. The third kappa shape index (κ3) is 9.45. The number of aliphatic imine (C=N–C) groups is 1. The van der Waals surface area contributed by atoms with E-state index in [9.17, 15) is 0 Å². The van der Waals surface area contributed by atoms with Crippen molar-refractivity contribution in [3.8, 4) is 22.3 Å². The Labute approximate surface area is 456 Å². The largest absolute Gasteiger partial charge is 0.335 e. The van der Waals surface area contributed by atoms with Crippen LogP contribution in [0, 0.1) is 0 Å². The molecule has 1 atom stereocenters. The van der Waals surface area contributed by atoms with Gasteiger partial charge in [-0.05, 0) is 185 Å². The van der Waals surface area contributed by atoms with E-state index in [-0.39, 0.29) is 6.04 Å². The van der Waals surface area contributed by atoms with Crippen molar-refractivity contribution in [2.24, 2.45) is 4.99 Å². The van der Waals surface area contributed by atoms with Crippen LogP contribution in [0.15, 0.2) is 284 Å². The summed E-state index contributed by atoms with van der Waals surface area (Å²) in [5.74, 6) is 0. The van der Waals surface area contributed by atoms with Crippen LogP contribution in [0.5, 0.6) is 0 Å². The van der Waals surface area contributed by atoms with Gasteiger partial charge in [0.1, 0.15) is 0 Å². The highest BCUT2D eigenvalue weighted by Crippen LogP contribution is 2.49. The van der Waals surface area contributed by atoms with Crippen LogP contribution in [0.3, 0.4) is 0 Å². The Bertz CT molecular complexity index is 3850. The van der Waals surface area contributed by atoms with E-state index >= 15 is 0 Å². The van der Waals surface area contributed by atoms with Crippen molar-refractivity contribution < 1.29 is 0 Å². The summed E-state index contributed by atoms with van der Waals surface area (Å²) in [6.45, 7) is 0.768. The number of para-hydroxylation sites is 2. The number of allylic oxidation sites excluding steroid dienone is 6. The summed E-state index contributed by atoms with van der Waals surface area (Å²) in [5.41, 5.74) is 16.0. The maximum absolute atomic E-state index is 4.78. The van der Waals surface area contributed by atoms with Crippen molar-refractivity contribution in [2.45, 2.75) is 31.7 Å². The topological polar surface area (TPSA) is 64.0 Å². The van der Waals surface area contributed by atoms with Crippen molar-refractivity contribution in [3.05, 3.63) is 279 Å². The molecule has 0 saturated carbocycles. The molecule has 2 aliphatic carbocycles. The molecule has 3 aromatic heterocycles. The van der Waals surface area contributed by atoms with Crippen molar-refractivity contribution in [1.29, 1.82) is 0 Å². The van der Waals surface area contributed by atoms with Crippen LogP contribution in [0.1, 0.15) is 25.7 Å². The molecule has 0 amide bonds. The van der Waals surface area contributed by atoms with Crippen LogP contribution in [-0.2, 0) is 0 Å². The zero-order chi connectivity index (χ0) is 52.0. The maximum Gasteiger partial charge on any atom is 0.0645 e. The predicted molar refractivity (Wildman–Crippen MR) is 325 cm³/mol. The first-order valence-electron chi connectivity index (χ1n) is 26.9. The van der Waals surface area contributed by atoms with Gasteiger partial charge in [0.05, 0.1) is 47.4 Å². The number of fused-ring (bicyclic) bond motifs is 2. The molecule has 10 aromatic rings. The Morgan fingerprint density at radius 3 is 1.38 bits per heavy atom. The van der Waals surface area contributed by atoms with Gasteiger partial charge in [-0.1, -0.05) is 115 Å². The average molecular weight is 1010 g/mol. The smallest absolute Gasteiger partial charge is 0.0645 e. The van der Waals surface area contributed by atoms with E-state index in [4.69, 9.17) is 4.99 Å². The van der Waals surface area contributed by atoms with Gasteiger partial charge in [0.15, 0.2) is 0 Å². The summed E-state index contributed by atoms with van der Waals surface area (Å²) in [4.78, 5) is 27.9. The Balaban J connectivity index is 1.07. The van der Waals surface area contributed by atoms with Gasteiger partial charge >= 0.3 is 0 Å². The number of rotatable bonds is 14. The van der Waals surface area contributed by atoms with Crippen molar-refractivity contribution >= 4 is 78.9 Å². The highest BCUT2D eigenvalue weighted by molar-refractivity contribution is 6.23. The van der Waals surface area contributed by atoms with E-state index in [0.717, 1.165) is 133 Å². The first kappa shape index (κ1) is 47.8. The number of hydrogen-bond acceptors (Lipinski definition) is 8. The van der Waals surface area contributed by atoms with Crippen LogP contribution in [0.25, 0.3) is 43.8 Å². The molecule has 1 aliphatic heterocycles. The highest BCUT2D eigenvalue weighted by Gasteiger charge is 2.25. The van der Waals surface area contributed by atoms with E-state index in [1.54, 1.807) is 0 Å². The van der Waals surface area contributed by atoms with Crippen LogP contribution < -0.4 is 19.6 Å². The first-order valence-corrected chi connectivity index (χ1v) is 26.9. The molecule has 78 heavy (non-hydrogen) atoms. The zero-order valence-electron chi connectivity index (χ0n) is 43.2. The molecule has 7 aromatic carbocycles. The minimum atomic E-state index is 0.203. The number of benzene rings is 7. The first-order chi connectivity index (χ1) is 38.7. The normalized spacial score (nSPS) is 14.7. The molecule has 0 fully saturated rings. The quantitative estimate of drug-likeness (QED) is 0.101. The zero-order valence-corrected chi connectivity index (χ0v) is 43.2. The summed E-state index contributed by atoms with van der Waals surface area (Å²) < 4.78 is 0. The molecule has 0 N–H and O–H groups in total. The molecule has 8 nitrogen and oxygen atoms in total. The Morgan fingerprint density at radius 2 is 0.885 bits per heavy atom. The summed E-state index contributed by atoms with van der Waals surface area (Å²) >= 11 is 0. The summed E-state index contributed by atoms with van der Waals surface area (Å²) in [6.07, 6.45) is 35.3. The lowest BCUT2D eigenvalue weighted by Gasteiger charge is -2.34. The number of anilines is 9. The van der Waals surface area contributed by atoms with E-state index < -0.39 is 0 Å². The van der Waals surface area contributed by atoms with E-state index in [2.05, 4.69) is 247 Å². The van der Waals surface area contributed by atoms with Crippen molar-refractivity contribution in [2.75, 3.05) is 26.1 Å². The molecule has 13 rings (SSSR count). The molecule has 0 radical (unpaired) electrons. The average Bonchev–Trinajstić information content (AvgIpc) is 3.71. The van der Waals surface area contributed by atoms with E-state index in [0.29, 0.717) is 0 Å². The van der Waals surface area contributed by atoms with Gasteiger partial charge < -0.3 is 19.6 Å². The molecule has 0 spiro atoms. The number of pyridine rings is 3. The minimum absolute atomic E-state index is 0.203. The number of dihydropyridines is 1. The molecule has 0 bridgehead atoms. The molecule has 1 unspecified atom stereocenters. The monoisotopic (exact) mass is 1010 g/mol. The summed E-state index contributed by atoms with van der Waals surface area (Å²) in [6, 6.07) is 66.0. The molecule has 8 heteroatoms. The second-order valence-corrected chi connectivity index (χ2v) is 19.7. The molecular weight excluding hydrogens is 953 g/mol. The van der Waals surface area contributed by atoms with Gasteiger partial charge in [0, 0.05) is 71.2 Å². The minimum Gasteiger partial charge on any atom is -0.335 e. The van der Waals surface area contributed by atoms with Crippen LogP contribution in [0.4, 0.5) is 51.2 Å². The van der Waals surface area contributed by atoms with Gasteiger partial charge in [0.25, 0.3) is 0 Å². The molecule has 3 aliphatic rings. The second kappa shape index (κ2) is 21.7. The number of aromatic nitrogens is 3. The molecule has 4 heterocycles. The lowest BCUT2D eigenvalue weighted by molar-refractivity contribution is 0.755. The lowest BCUT2D eigenvalue weighted by Crippen LogP contribution is -2.33.